The first-order chi connectivity index (χ1) is 8.26. The molecule has 0 saturated carbocycles. The van der Waals surface area contributed by atoms with Crippen molar-refractivity contribution in [1.29, 1.82) is 0 Å². The van der Waals surface area contributed by atoms with Gasteiger partial charge in [0.1, 0.15) is 13.1 Å². The quantitative estimate of drug-likeness (QED) is 0.628. The van der Waals surface area contributed by atoms with E-state index in [-0.39, 0.29) is 25.6 Å². The van der Waals surface area contributed by atoms with E-state index in [0.29, 0.717) is 6.42 Å². The van der Waals surface area contributed by atoms with Gasteiger partial charge in [0.25, 0.3) is 5.91 Å². The van der Waals surface area contributed by atoms with Gasteiger partial charge in [0.15, 0.2) is 0 Å². The van der Waals surface area contributed by atoms with Crippen molar-refractivity contribution in [2.45, 2.75) is 25.8 Å². The number of nitrogens with zero attached hydrogens (tertiary/aromatic N) is 2. The Morgan fingerprint density at radius 1 is 1.44 bits per heavy atom. The van der Waals surface area contributed by atoms with Crippen LogP contribution in [0.25, 0.3) is 0 Å². The van der Waals surface area contributed by atoms with Crippen molar-refractivity contribution in [1.82, 2.24) is 15.1 Å². The van der Waals surface area contributed by atoms with Crippen LogP contribution in [-0.4, -0.2) is 65.0 Å². The predicted octanol–water partition coefficient (Wildman–Crippen LogP) is -0.842. The molecule has 1 saturated heterocycles. The molecule has 0 aliphatic carbocycles. The van der Waals surface area contributed by atoms with Crippen molar-refractivity contribution in [2.24, 2.45) is 0 Å². The van der Waals surface area contributed by atoms with Crippen LogP contribution in [-0.2, 0) is 9.59 Å². The zero-order chi connectivity index (χ0) is 13.9. The predicted molar refractivity (Wildman–Crippen MR) is 63.7 cm³/mol. The first-order valence-corrected chi connectivity index (χ1v) is 5.74. The molecule has 1 heterocycles. The van der Waals surface area contributed by atoms with Crippen LogP contribution in [0.4, 0.5) is 4.79 Å². The number of imide groups is 1. The molecule has 7 heteroatoms. The highest BCUT2D eigenvalue weighted by molar-refractivity contribution is 6.04. The van der Waals surface area contributed by atoms with Gasteiger partial charge in [-0.05, 0) is 20.3 Å². The van der Waals surface area contributed by atoms with Crippen LogP contribution >= 0.6 is 0 Å². The number of hydrogen-bond acceptors (Lipinski definition) is 4. The Labute approximate surface area is 106 Å². The van der Waals surface area contributed by atoms with Crippen molar-refractivity contribution < 1.29 is 19.5 Å². The molecule has 1 aliphatic rings. The van der Waals surface area contributed by atoms with E-state index in [1.165, 1.54) is 11.9 Å². The van der Waals surface area contributed by atoms with E-state index in [9.17, 15) is 14.4 Å². The van der Waals surface area contributed by atoms with Gasteiger partial charge in [-0.3, -0.25) is 14.5 Å². The SMILES string of the molecule is CN1CC(=O)N(CC(=O)NC(C)(C)CCO)C1=O. The number of likely N-dealkylation sites (N-methyl/N-ethyl adjacent to an activating group) is 1. The van der Waals surface area contributed by atoms with Crippen molar-refractivity contribution in [2.75, 3.05) is 26.7 Å². The fourth-order valence-corrected chi connectivity index (χ4v) is 1.73. The van der Waals surface area contributed by atoms with E-state index in [1.54, 1.807) is 13.8 Å². The van der Waals surface area contributed by atoms with Gasteiger partial charge in [0, 0.05) is 19.2 Å². The second kappa shape index (κ2) is 5.34. The van der Waals surface area contributed by atoms with Crippen LogP contribution in [0, 0.1) is 0 Å². The molecule has 0 radical (unpaired) electrons. The summed E-state index contributed by atoms with van der Waals surface area (Å²) in [5.74, 6) is -0.789. The van der Waals surface area contributed by atoms with Crippen molar-refractivity contribution in [3.8, 4) is 0 Å². The smallest absolute Gasteiger partial charge is 0.327 e. The maximum absolute atomic E-state index is 11.7. The third kappa shape index (κ3) is 3.43. The summed E-state index contributed by atoms with van der Waals surface area (Å²) in [6, 6.07) is -0.463. The zero-order valence-electron chi connectivity index (χ0n) is 10.9. The highest BCUT2D eigenvalue weighted by Crippen LogP contribution is 2.10. The Balaban J connectivity index is 2.55. The average Bonchev–Trinajstić information content (AvgIpc) is 2.44. The van der Waals surface area contributed by atoms with E-state index < -0.39 is 17.5 Å². The minimum atomic E-state index is -0.566. The Hall–Kier alpha value is -1.63. The summed E-state index contributed by atoms with van der Waals surface area (Å²) in [5.41, 5.74) is -0.566. The minimum absolute atomic E-state index is 0.00610. The average molecular weight is 257 g/mol. The molecule has 7 nitrogen and oxygen atoms in total. The van der Waals surface area contributed by atoms with E-state index in [1.807, 2.05) is 0 Å². The van der Waals surface area contributed by atoms with Crippen LogP contribution in [0.5, 0.6) is 0 Å². The lowest BCUT2D eigenvalue weighted by molar-refractivity contribution is -0.131. The van der Waals surface area contributed by atoms with Crippen LogP contribution in [0.15, 0.2) is 0 Å². The topological polar surface area (TPSA) is 90.0 Å². The lowest BCUT2D eigenvalue weighted by Crippen LogP contribution is -2.49. The number of aliphatic hydroxyl groups is 1. The molecule has 1 aliphatic heterocycles. The Bertz CT molecular complexity index is 367. The number of carbonyl (C=O) groups is 3. The molecule has 4 amide bonds. The fraction of sp³-hybridized carbons (Fsp3) is 0.727. The Morgan fingerprint density at radius 2 is 2.06 bits per heavy atom. The van der Waals surface area contributed by atoms with E-state index in [4.69, 9.17) is 5.11 Å². The van der Waals surface area contributed by atoms with Gasteiger partial charge < -0.3 is 15.3 Å². The lowest BCUT2D eigenvalue weighted by atomic mass is 10.0. The summed E-state index contributed by atoms with van der Waals surface area (Å²) in [6.45, 7) is 3.21. The van der Waals surface area contributed by atoms with Crippen molar-refractivity contribution in [3.05, 3.63) is 0 Å². The normalized spacial score (nSPS) is 16.4. The second-order valence-corrected chi connectivity index (χ2v) is 5.02. The molecule has 18 heavy (non-hydrogen) atoms. The van der Waals surface area contributed by atoms with Crippen molar-refractivity contribution >= 4 is 17.8 Å². The zero-order valence-corrected chi connectivity index (χ0v) is 10.9. The molecule has 0 spiro atoms. The monoisotopic (exact) mass is 257 g/mol. The lowest BCUT2D eigenvalue weighted by Gasteiger charge is -2.26. The van der Waals surface area contributed by atoms with Crippen LogP contribution in [0.1, 0.15) is 20.3 Å². The molecule has 0 unspecified atom stereocenters. The van der Waals surface area contributed by atoms with E-state index >= 15 is 0 Å². The summed E-state index contributed by atoms with van der Waals surface area (Å²) in [5, 5.41) is 11.5. The number of carbonyl (C=O) groups excluding carboxylic acids is 3. The molecule has 0 atom stereocenters. The molecule has 0 aromatic rings. The standard InChI is InChI=1S/C11H19N3O4/c1-11(2,4-5-15)12-8(16)6-14-9(17)7-13(3)10(14)18/h15H,4-7H2,1-3H3,(H,12,16). The number of hydrogen-bond donors (Lipinski definition) is 2. The van der Waals surface area contributed by atoms with E-state index in [2.05, 4.69) is 5.32 Å². The fourth-order valence-electron chi connectivity index (χ4n) is 1.73. The van der Waals surface area contributed by atoms with Gasteiger partial charge in [-0.2, -0.15) is 0 Å². The number of urea groups is 1. The van der Waals surface area contributed by atoms with Crippen LogP contribution in [0.3, 0.4) is 0 Å². The summed E-state index contributed by atoms with van der Waals surface area (Å²) in [6.07, 6.45) is 0.403. The first-order valence-electron chi connectivity index (χ1n) is 5.74. The van der Waals surface area contributed by atoms with Gasteiger partial charge in [0.05, 0.1) is 0 Å². The first kappa shape index (κ1) is 14.4. The highest BCUT2D eigenvalue weighted by atomic mass is 16.3. The number of nitrogens with one attached hydrogen (secondary N) is 1. The van der Waals surface area contributed by atoms with E-state index in [0.717, 1.165) is 4.90 Å². The number of amides is 4. The molecule has 0 aromatic carbocycles. The molecule has 1 rings (SSSR count). The molecule has 0 aromatic heterocycles. The van der Waals surface area contributed by atoms with Crippen molar-refractivity contribution in [3.63, 3.8) is 0 Å². The summed E-state index contributed by atoms with van der Waals surface area (Å²) in [4.78, 5) is 36.9. The molecular formula is C11H19N3O4. The van der Waals surface area contributed by atoms with Crippen LogP contribution < -0.4 is 5.32 Å². The maximum Gasteiger partial charge on any atom is 0.327 e. The molecular weight excluding hydrogens is 238 g/mol. The van der Waals surface area contributed by atoms with Gasteiger partial charge >= 0.3 is 6.03 Å². The second-order valence-electron chi connectivity index (χ2n) is 5.02. The maximum atomic E-state index is 11.7. The Kier molecular flexibility index (Phi) is 4.28. The van der Waals surface area contributed by atoms with Gasteiger partial charge in [0.2, 0.25) is 5.91 Å². The molecule has 1 fully saturated rings. The summed E-state index contributed by atoms with van der Waals surface area (Å²) >= 11 is 0. The number of aliphatic hydroxyl groups excluding tert-OH is 1. The summed E-state index contributed by atoms with van der Waals surface area (Å²) < 4.78 is 0. The molecule has 102 valence electrons. The third-order valence-corrected chi connectivity index (χ3v) is 2.75. The molecule has 2 N–H and O–H groups in total. The molecule has 0 bridgehead atoms. The minimum Gasteiger partial charge on any atom is -0.396 e. The largest absolute Gasteiger partial charge is 0.396 e. The summed E-state index contributed by atoms with van der Waals surface area (Å²) in [7, 11) is 1.51. The highest BCUT2D eigenvalue weighted by Gasteiger charge is 2.35. The third-order valence-electron chi connectivity index (χ3n) is 2.75. The van der Waals surface area contributed by atoms with Gasteiger partial charge in [-0.15, -0.1) is 0 Å². The van der Waals surface area contributed by atoms with Gasteiger partial charge in [-0.1, -0.05) is 0 Å². The number of rotatable bonds is 5. The van der Waals surface area contributed by atoms with Gasteiger partial charge in [-0.25, -0.2) is 4.79 Å². The Morgan fingerprint density at radius 3 is 2.50 bits per heavy atom. The van der Waals surface area contributed by atoms with Crippen LogP contribution in [0.2, 0.25) is 0 Å².